The van der Waals surface area contributed by atoms with Gasteiger partial charge in [-0.3, -0.25) is 0 Å². The van der Waals surface area contributed by atoms with E-state index >= 15 is 0 Å². The van der Waals surface area contributed by atoms with Crippen LogP contribution in [0.15, 0.2) is 30.5 Å². The van der Waals surface area contributed by atoms with E-state index in [0.29, 0.717) is 22.6 Å². The zero-order valence-corrected chi connectivity index (χ0v) is 12.1. The van der Waals surface area contributed by atoms with Crippen molar-refractivity contribution in [2.24, 2.45) is 0 Å². The highest BCUT2D eigenvalue weighted by atomic mass is 19.4. The van der Waals surface area contributed by atoms with E-state index in [1.54, 1.807) is 0 Å². The average Bonchev–Trinajstić information content (AvgIpc) is 2.45. The van der Waals surface area contributed by atoms with Crippen LogP contribution in [0.2, 0.25) is 0 Å². The summed E-state index contributed by atoms with van der Waals surface area (Å²) in [5.74, 6) is 0.184. The maximum absolute atomic E-state index is 12.1. The van der Waals surface area contributed by atoms with Crippen LogP contribution < -0.4 is 4.74 Å². The molecule has 22 heavy (non-hydrogen) atoms. The fourth-order valence-corrected chi connectivity index (χ4v) is 1.99. The zero-order chi connectivity index (χ0) is 16.3. The lowest BCUT2D eigenvalue weighted by Gasteiger charge is -2.12. The van der Waals surface area contributed by atoms with E-state index in [2.05, 4.69) is 14.7 Å². The van der Waals surface area contributed by atoms with Gasteiger partial charge in [0.2, 0.25) is 0 Å². The molecule has 0 bridgehead atoms. The Morgan fingerprint density at radius 3 is 2.32 bits per heavy atom. The SMILES string of the molecule is CC(C)c1nc(-c2ccc(OC(F)(F)F)cc2)ncc1CO. The Balaban J connectivity index is 2.30. The van der Waals surface area contributed by atoms with Crippen LogP contribution in [-0.4, -0.2) is 21.4 Å². The molecule has 1 heterocycles. The lowest BCUT2D eigenvalue weighted by molar-refractivity contribution is -0.274. The average molecular weight is 312 g/mol. The second kappa shape index (κ2) is 6.31. The molecule has 0 atom stereocenters. The van der Waals surface area contributed by atoms with Gasteiger partial charge in [-0.1, -0.05) is 13.8 Å². The summed E-state index contributed by atoms with van der Waals surface area (Å²) >= 11 is 0. The van der Waals surface area contributed by atoms with E-state index in [1.807, 2.05) is 13.8 Å². The summed E-state index contributed by atoms with van der Waals surface area (Å²) in [5, 5.41) is 9.27. The van der Waals surface area contributed by atoms with Crippen molar-refractivity contribution in [2.45, 2.75) is 32.7 Å². The second-order valence-electron chi connectivity index (χ2n) is 4.99. The van der Waals surface area contributed by atoms with Gasteiger partial charge < -0.3 is 9.84 Å². The van der Waals surface area contributed by atoms with E-state index in [1.165, 1.54) is 30.5 Å². The number of alkyl halides is 3. The van der Waals surface area contributed by atoms with Crippen molar-refractivity contribution in [1.82, 2.24) is 9.97 Å². The molecule has 0 aliphatic heterocycles. The molecule has 0 aliphatic carbocycles. The molecule has 1 aromatic carbocycles. The summed E-state index contributed by atoms with van der Waals surface area (Å²) in [5.41, 5.74) is 1.92. The van der Waals surface area contributed by atoms with Crippen molar-refractivity contribution in [2.75, 3.05) is 0 Å². The van der Waals surface area contributed by atoms with Crippen molar-refractivity contribution in [1.29, 1.82) is 0 Å². The van der Waals surface area contributed by atoms with E-state index in [-0.39, 0.29) is 18.3 Å². The van der Waals surface area contributed by atoms with Crippen LogP contribution in [0.4, 0.5) is 13.2 Å². The van der Waals surface area contributed by atoms with Crippen LogP contribution in [0.25, 0.3) is 11.4 Å². The van der Waals surface area contributed by atoms with Gasteiger partial charge >= 0.3 is 6.36 Å². The van der Waals surface area contributed by atoms with Crippen molar-refractivity contribution in [3.05, 3.63) is 41.7 Å². The van der Waals surface area contributed by atoms with Crippen LogP contribution in [-0.2, 0) is 6.61 Å². The predicted molar refractivity (Wildman–Crippen MR) is 74.2 cm³/mol. The van der Waals surface area contributed by atoms with E-state index in [0.717, 1.165) is 0 Å². The lowest BCUT2D eigenvalue weighted by Crippen LogP contribution is -2.16. The Morgan fingerprint density at radius 1 is 1.18 bits per heavy atom. The Hall–Kier alpha value is -2.15. The molecule has 0 fully saturated rings. The number of benzene rings is 1. The molecule has 0 saturated carbocycles. The summed E-state index contributed by atoms with van der Waals surface area (Å²) in [6, 6.07) is 5.33. The molecule has 0 aliphatic rings. The molecule has 0 unspecified atom stereocenters. The van der Waals surface area contributed by atoms with Crippen molar-refractivity contribution in [3.8, 4) is 17.1 Å². The quantitative estimate of drug-likeness (QED) is 0.936. The van der Waals surface area contributed by atoms with Crippen molar-refractivity contribution >= 4 is 0 Å². The Morgan fingerprint density at radius 2 is 1.82 bits per heavy atom. The number of halogens is 3. The predicted octanol–water partition coefficient (Wildman–Crippen LogP) is 3.66. The van der Waals surface area contributed by atoms with Crippen LogP contribution in [0.1, 0.15) is 31.0 Å². The normalized spacial score (nSPS) is 11.8. The smallest absolute Gasteiger partial charge is 0.406 e. The molecule has 0 radical (unpaired) electrons. The zero-order valence-electron chi connectivity index (χ0n) is 12.1. The molecule has 0 amide bonds. The third-order valence-corrected chi connectivity index (χ3v) is 2.96. The van der Waals surface area contributed by atoms with Gasteiger partial charge in [0.05, 0.1) is 12.3 Å². The summed E-state index contributed by atoms with van der Waals surface area (Å²) in [6.45, 7) is 3.71. The third kappa shape index (κ3) is 3.94. The first kappa shape index (κ1) is 16.2. The Labute approximate surface area is 125 Å². The molecular weight excluding hydrogens is 297 g/mol. The number of aliphatic hydroxyl groups is 1. The highest BCUT2D eigenvalue weighted by molar-refractivity contribution is 5.56. The number of hydrogen-bond acceptors (Lipinski definition) is 4. The summed E-state index contributed by atoms with van der Waals surface area (Å²) < 4.78 is 40.2. The number of hydrogen-bond donors (Lipinski definition) is 1. The monoisotopic (exact) mass is 312 g/mol. The molecule has 0 spiro atoms. The fourth-order valence-electron chi connectivity index (χ4n) is 1.99. The minimum atomic E-state index is -4.72. The lowest BCUT2D eigenvalue weighted by atomic mass is 10.1. The van der Waals surface area contributed by atoms with Gasteiger partial charge in [0, 0.05) is 17.3 Å². The maximum atomic E-state index is 12.1. The highest BCUT2D eigenvalue weighted by Gasteiger charge is 2.31. The first-order chi connectivity index (χ1) is 10.3. The van der Waals surface area contributed by atoms with E-state index in [9.17, 15) is 18.3 Å². The van der Waals surface area contributed by atoms with Crippen molar-refractivity contribution < 1.29 is 23.0 Å². The topological polar surface area (TPSA) is 55.2 Å². The number of ether oxygens (including phenoxy) is 1. The van der Waals surface area contributed by atoms with Gasteiger partial charge in [-0.25, -0.2) is 9.97 Å². The summed E-state index contributed by atoms with van der Waals surface area (Å²) in [7, 11) is 0. The van der Waals surface area contributed by atoms with Gasteiger partial charge in [-0.2, -0.15) is 0 Å². The molecule has 4 nitrogen and oxygen atoms in total. The standard InChI is InChI=1S/C15H15F3N2O2/c1-9(2)13-11(8-21)7-19-14(20-13)10-3-5-12(6-4-10)22-15(16,17)18/h3-7,9,21H,8H2,1-2H3. The van der Waals surface area contributed by atoms with Gasteiger partial charge in [0.1, 0.15) is 5.75 Å². The summed E-state index contributed by atoms with van der Waals surface area (Å²) in [6.07, 6.45) is -3.19. The molecular formula is C15H15F3N2O2. The van der Waals surface area contributed by atoms with Crippen molar-refractivity contribution in [3.63, 3.8) is 0 Å². The minimum absolute atomic E-state index is 0.0942. The largest absolute Gasteiger partial charge is 0.573 e. The van der Waals surface area contributed by atoms with Crippen LogP contribution >= 0.6 is 0 Å². The molecule has 1 N–H and O–H groups in total. The van der Waals surface area contributed by atoms with Gasteiger partial charge in [-0.05, 0) is 30.2 Å². The molecule has 1 aromatic heterocycles. The first-order valence-corrected chi connectivity index (χ1v) is 6.63. The fraction of sp³-hybridized carbons (Fsp3) is 0.333. The molecule has 0 saturated heterocycles. The number of rotatable bonds is 4. The Bertz CT molecular complexity index is 640. The van der Waals surface area contributed by atoms with Gasteiger partial charge in [0.25, 0.3) is 0 Å². The molecule has 7 heteroatoms. The van der Waals surface area contributed by atoms with Crippen LogP contribution in [0.3, 0.4) is 0 Å². The first-order valence-electron chi connectivity index (χ1n) is 6.63. The van der Waals surface area contributed by atoms with E-state index in [4.69, 9.17) is 0 Å². The van der Waals surface area contributed by atoms with Crippen LogP contribution in [0, 0.1) is 0 Å². The van der Waals surface area contributed by atoms with Gasteiger partial charge in [-0.15, -0.1) is 13.2 Å². The minimum Gasteiger partial charge on any atom is -0.406 e. The number of nitrogens with zero attached hydrogens (tertiary/aromatic N) is 2. The highest BCUT2D eigenvalue weighted by Crippen LogP contribution is 2.26. The molecule has 2 rings (SSSR count). The van der Waals surface area contributed by atoms with Crippen LogP contribution in [0.5, 0.6) is 5.75 Å². The molecule has 2 aromatic rings. The third-order valence-electron chi connectivity index (χ3n) is 2.96. The van der Waals surface area contributed by atoms with E-state index < -0.39 is 6.36 Å². The number of aromatic nitrogens is 2. The number of aliphatic hydroxyl groups excluding tert-OH is 1. The second-order valence-corrected chi connectivity index (χ2v) is 4.99. The summed E-state index contributed by atoms with van der Waals surface area (Å²) in [4.78, 5) is 8.52. The van der Waals surface area contributed by atoms with Gasteiger partial charge in [0.15, 0.2) is 5.82 Å². The Kier molecular flexibility index (Phi) is 4.65. The maximum Gasteiger partial charge on any atom is 0.573 e. The molecule has 118 valence electrons.